The van der Waals surface area contributed by atoms with Gasteiger partial charge in [-0.05, 0) is 49.8 Å². The Bertz CT molecular complexity index is 611. The molecule has 0 heterocycles. The van der Waals surface area contributed by atoms with Crippen molar-refractivity contribution in [1.82, 2.24) is 4.72 Å². The zero-order valence-corrected chi connectivity index (χ0v) is 13.5. The molecule has 1 aromatic carbocycles. The van der Waals surface area contributed by atoms with Crippen LogP contribution in [0.25, 0.3) is 0 Å². The standard InChI is InChI=1S/C14H21ClN2O3S/c1-10-4-6-14(18,7-5-10)9-17-21(19,20)13-8-11(16)2-3-12(13)15/h2-3,8,10,17-18H,4-7,9,16H2,1H3. The Balaban J connectivity index is 2.09. The maximum absolute atomic E-state index is 12.3. The highest BCUT2D eigenvalue weighted by molar-refractivity contribution is 7.89. The quantitative estimate of drug-likeness (QED) is 0.736. The first-order valence-corrected chi connectivity index (χ1v) is 8.85. The van der Waals surface area contributed by atoms with Gasteiger partial charge >= 0.3 is 0 Å². The molecule has 2 rings (SSSR count). The molecule has 5 nitrogen and oxygen atoms in total. The summed E-state index contributed by atoms with van der Waals surface area (Å²) in [7, 11) is -3.79. The van der Waals surface area contributed by atoms with E-state index in [4.69, 9.17) is 17.3 Å². The molecule has 0 bridgehead atoms. The van der Waals surface area contributed by atoms with Gasteiger partial charge in [0.25, 0.3) is 0 Å². The average Bonchev–Trinajstić information content (AvgIpc) is 2.43. The monoisotopic (exact) mass is 332 g/mol. The molecule has 0 saturated heterocycles. The van der Waals surface area contributed by atoms with Gasteiger partial charge in [0.15, 0.2) is 0 Å². The summed E-state index contributed by atoms with van der Waals surface area (Å²) in [6, 6.07) is 4.30. The van der Waals surface area contributed by atoms with Gasteiger partial charge in [-0.15, -0.1) is 0 Å². The summed E-state index contributed by atoms with van der Waals surface area (Å²) in [6.45, 7) is 2.13. The molecule has 1 fully saturated rings. The van der Waals surface area contributed by atoms with Gasteiger partial charge in [0.1, 0.15) is 4.90 Å². The number of sulfonamides is 1. The summed E-state index contributed by atoms with van der Waals surface area (Å²) in [5, 5.41) is 10.6. The molecule has 0 unspecified atom stereocenters. The summed E-state index contributed by atoms with van der Waals surface area (Å²) in [4.78, 5) is -0.0584. The lowest BCUT2D eigenvalue weighted by molar-refractivity contribution is -0.00182. The van der Waals surface area contributed by atoms with Crippen molar-refractivity contribution in [3.05, 3.63) is 23.2 Å². The Morgan fingerprint density at radius 2 is 2.05 bits per heavy atom. The molecule has 1 saturated carbocycles. The van der Waals surface area contributed by atoms with Gasteiger partial charge in [0, 0.05) is 12.2 Å². The van der Waals surface area contributed by atoms with Crippen molar-refractivity contribution in [3.63, 3.8) is 0 Å². The molecule has 7 heteroatoms. The maximum atomic E-state index is 12.3. The highest BCUT2D eigenvalue weighted by Gasteiger charge is 2.33. The molecule has 1 aromatic rings. The normalized spacial score (nSPS) is 26.7. The molecule has 0 spiro atoms. The fourth-order valence-electron chi connectivity index (χ4n) is 2.51. The van der Waals surface area contributed by atoms with E-state index < -0.39 is 15.6 Å². The van der Waals surface area contributed by atoms with Gasteiger partial charge in [0.2, 0.25) is 10.0 Å². The van der Waals surface area contributed by atoms with Crippen LogP contribution in [0.2, 0.25) is 5.02 Å². The lowest BCUT2D eigenvalue weighted by Gasteiger charge is -2.34. The Kier molecular flexibility index (Phi) is 4.82. The number of aliphatic hydroxyl groups is 1. The minimum atomic E-state index is -3.79. The Morgan fingerprint density at radius 1 is 1.43 bits per heavy atom. The van der Waals surface area contributed by atoms with Crippen molar-refractivity contribution in [2.45, 2.75) is 43.1 Å². The van der Waals surface area contributed by atoms with Gasteiger partial charge in [-0.3, -0.25) is 0 Å². The SMILES string of the molecule is CC1CCC(O)(CNS(=O)(=O)c2cc(N)ccc2Cl)CC1. The van der Waals surface area contributed by atoms with Crippen LogP contribution >= 0.6 is 11.6 Å². The van der Waals surface area contributed by atoms with Gasteiger partial charge < -0.3 is 10.8 Å². The molecular formula is C14H21ClN2O3S. The van der Waals surface area contributed by atoms with E-state index in [1.54, 1.807) is 0 Å². The first-order valence-electron chi connectivity index (χ1n) is 6.99. The maximum Gasteiger partial charge on any atom is 0.242 e. The molecule has 21 heavy (non-hydrogen) atoms. The van der Waals surface area contributed by atoms with Crippen LogP contribution in [0.5, 0.6) is 0 Å². The number of nitrogens with one attached hydrogen (secondary N) is 1. The van der Waals surface area contributed by atoms with Gasteiger partial charge in [-0.25, -0.2) is 13.1 Å². The number of hydrogen-bond acceptors (Lipinski definition) is 4. The van der Waals surface area contributed by atoms with Crippen molar-refractivity contribution < 1.29 is 13.5 Å². The predicted molar refractivity (Wildman–Crippen MR) is 83.6 cm³/mol. The molecule has 1 aliphatic rings. The highest BCUT2D eigenvalue weighted by atomic mass is 35.5. The second-order valence-electron chi connectivity index (χ2n) is 5.92. The van der Waals surface area contributed by atoms with Crippen LogP contribution in [0.1, 0.15) is 32.6 Å². The zero-order valence-electron chi connectivity index (χ0n) is 12.0. The van der Waals surface area contributed by atoms with Crippen LogP contribution in [0.15, 0.2) is 23.1 Å². The molecule has 0 amide bonds. The van der Waals surface area contributed by atoms with Crippen molar-refractivity contribution >= 4 is 27.3 Å². The van der Waals surface area contributed by atoms with E-state index in [0.29, 0.717) is 24.4 Å². The van der Waals surface area contributed by atoms with Crippen LogP contribution in [0, 0.1) is 5.92 Å². The van der Waals surface area contributed by atoms with Crippen LogP contribution in [0.3, 0.4) is 0 Å². The highest BCUT2D eigenvalue weighted by Crippen LogP contribution is 2.32. The number of nitrogens with two attached hydrogens (primary N) is 1. The largest absolute Gasteiger partial charge is 0.399 e. The Labute approximate surface area is 130 Å². The van der Waals surface area contributed by atoms with Gasteiger partial charge in [-0.2, -0.15) is 0 Å². The van der Waals surface area contributed by atoms with Crippen molar-refractivity contribution in [1.29, 1.82) is 0 Å². The van der Waals surface area contributed by atoms with Crippen LogP contribution in [-0.4, -0.2) is 25.7 Å². The Hall–Kier alpha value is -0.820. The molecule has 0 aliphatic heterocycles. The van der Waals surface area contributed by atoms with Crippen molar-refractivity contribution in [3.8, 4) is 0 Å². The van der Waals surface area contributed by atoms with E-state index in [-0.39, 0.29) is 16.5 Å². The fourth-order valence-corrected chi connectivity index (χ4v) is 4.16. The number of benzene rings is 1. The summed E-state index contributed by atoms with van der Waals surface area (Å²) in [5.41, 5.74) is 4.95. The topological polar surface area (TPSA) is 92.4 Å². The molecule has 0 radical (unpaired) electrons. The first kappa shape index (κ1) is 16.5. The van der Waals surface area contributed by atoms with E-state index in [0.717, 1.165) is 12.8 Å². The molecular weight excluding hydrogens is 312 g/mol. The van der Waals surface area contributed by atoms with E-state index in [9.17, 15) is 13.5 Å². The van der Waals surface area contributed by atoms with E-state index in [1.807, 2.05) is 0 Å². The number of nitrogen functional groups attached to an aromatic ring is 1. The summed E-state index contributed by atoms with van der Waals surface area (Å²) >= 11 is 5.92. The second kappa shape index (κ2) is 6.12. The summed E-state index contributed by atoms with van der Waals surface area (Å²) in [6.07, 6.45) is 3.00. The lowest BCUT2D eigenvalue weighted by atomic mass is 9.80. The number of rotatable bonds is 4. The average molecular weight is 333 g/mol. The summed E-state index contributed by atoms with van der Waals surface area (Å²) in [5.74, 6) is 0.574. The Morgan fingerprint density at radius 3 is 2.67 bits per heavy atom. The van der Waals surface area contributed by atoms with Crippen LogP contribution < -0.4 is 10.5 Å². The lowest BCUT2D eigenvalue weighted by Crippen LogP contribution is -2.45. The number of halogens is 1. The van der Waals surface area contributed by atoms with E-state index in [1.165, 1.54) is 18.2 Å². The van der Waals surface area contributed by atoms with Crippen LogP contribution in [-0.2, 0) is 10.0 Å². The molecule has 0 aromatic heterocycles. The fraction of sp³-hybridized carbons (Fsp3) is 0.571. The third kappa shape index (κ3) is 4.10. The number of hydrogen-bond donors (Lipinski definition) is 3. The molecule has 4 N–H and O–H groups in total. The molecule has 118 valence electrons. The van der Waals surface area contributed by atoms with Gasteiger partial charge in [-0.1, -0.05) is 18.5 Å². The summed E-state index contributed by atoms with van der Waals surface area (Å²) < 4.78 is 27.0. The minimum absolute atomic E-state index is 0.00676. The molecule has 0 atom stereocenters. The smallest absolute Gasteiger partial charge is 0.242 e. The predicted octanol–water partition coefficient (Wildman–Crippen LogP) is 2.14. The second-order valence-corrected chi connectivity index (χ2v) is 8.06. The van der Waals surface area contributed by atoms with E-state index >= 15 is 0 Å². The minimum Gasteiger partial charge on any atom is -0.399 e. The third-order valence-electron chi connectivity index (χ3n) is 4.04. The third-order valence-corrected chi connectivity index (χ3v) is 5.92. The van der Waals surface area contributed by atoms with E-state index in [2.05, 4.69) is 11.6 Å². The van der Waals surface area contributed by atoms with Crippen molar-refractivity contribution in [2.75, 3.05) is 12.3 Å². The molecule has 1 aliphatic carbocycles. The zero-order chi connectivity index (χ0) is 15.7. The number of anilines is 1. The van der Waals surface area contributed by atoms with Crippen molar-refractivity contribution in [2.24, 2.45) is 5.92 Å². The van der Waals surface area contributed by atoms with Gasteiger partial charge in [0.05, 0.1) is 10.6 Å². The van der Waals surface area contributed by atoms with Crippen LogP contribution in [0.4, 0.5) is 5.69 Å². The first-order chi connectivity index (χ1) is 9.72.